The number of aromatic nitrogens is 4. The summed E-state index contributed by atoms with van der Waals surface area (Å²) in [7, 11) is 3.15. The monoisotopic (exact) mass is 1260 g/mol. The van der Waals surface area contributed by atoms with Crippen molar-refractivity contribution < 1.29 is 82.6 Å². The van der Waals surface area contributed by atoms with Gasteiger partial charge in [0, 0.05) is 86.0 Å². The first-order chi connectivity index (χ1) is 43.1. The molecule has 2 amide bonds. The summed E-state index contributed by atoms with van der Waals surface area (Å²) in [6.45, 7) is 9.51. The van der Waals surface area contributed by atoms with Crippen LogP contribution in [0.15, 0.2) is 72.9 Å². The van der Waals surface area contributed by atoms with Crippen LogP contribution in [0.5, 0.6) is 17.2 Å². The molecule has 7 atom stereocenters. The van der Waals surface area contributed by atoms with Gasteiger partial charge in [-0.05, 0) is 122 Å². The molecule has 2 aliphatic heterocycles. The number of nitrogens with zero attached hydrogens (tertiary/aromatic N) is 6. The number of carbonyl (C=O) groups excluding carboxylic acids is 2. The molecule has 3 aromatic heterocycles. The van der Waals surface area contributed by atoms with Gasteiger partial charge in [-0.1, -0.05) is 37.3 Å². The number of benzene rings is 3. The Labute approximate surface area is 523 Å². The number of hydrogen-bond donors (Lipinski definition) is 7. The number of nitrogens with one attached hydrogen (secondary N) is 1. The Morgan fingerprint density at radius 2 is 1.61 bits per heavy atom. The van der Waals surface area contributed by atoms with Crippen molar-refractivity contribution in [3.05, 3.63) is 107 Å². The van der Waals surface area contributed by atoms with Gasteiger partial charge < -0.3 is 79.0 Å². The summed E-state index contributed by atoms with van der Waals surface area (Å²) >= 11 is 1.40. The van der Waals surface area contributed by atoms with Gasteiger partial charge in [-0.3, -0.25) is 14.8 Å². The number of thiazole rings is 1. The van der Waals surface area contributed by atoms with Gasteiger partial charge in [0.05, 0.1) is 55.6 Å². The van der Waals surface area contributed by atoms with Crippen molar-refractivity contribution in [3.8, 4) is 28.4 Å². The Hall–Kier alpha value is -7.53. The first-order valence-corrected chi connectivity index (χ1v) is 31.0. The summed E-state index contributed by atoms with van der Waals surface area (Å²) in [4.78, 5) is 65.9. The Kier molecular flexibility index (Phi) is 18.7. The van der Waals surface area contributed by atoms with Crippen molar-refractivity contribution in [2.75, 3.05) is 83.6 Å². The van der Waals surface area contributed by atoms with E-state index >= 15 is 0 Å². The van der Waals surface area contributed by atoms with Gasteiger partial charge in [-0.2, -0.15) is 5.10 Å². The van der Waals surface area contributed by atoms with Crippen LogP contribution in [0.3, 0.4) is 0 Å². The minimum absolute atomic E-state index is 0.0376. The number of fused-ring (bicyclic) bond motifs is 2. The zero-order chi connectivity index (χ0) is 63.7. The highest BCUT2D eigenvalue weighted by Gasteiger charge is 2.66. The molecule has 4 saturated carbocycles. The lowest BCUT2D eigenvalue weighted by Crippen LogP contribution is -2.64. The molecule has 3 aromatic carbocycles. The third-order valence-electron chi connectivity index (χ3n) is 18.1. The van der Waals surface area contributed by atoms with Crippen LogP contribution >= 0.6 is 11.3 Å². The van der Waals surface area contributed by atoms with E-state index in [9.17, 15) is 44.7 Å². The molecule has 5 heterocycles. The number of aliphatic hydroxyl groups is 3. The first kappa shape index (κ1) is 64.0. The molecule has 0 spiro atoms. The van der Waals surface area contributed by atoms with E-state index in [-0.39, 0.29) is 92.0 Å². The predicted octanol–water partition coefficient (Wildman–Crippen LogP) is 6.43. The maximum atomic E-state index is 14.0. The second-order valence-corrected chi connectivity index (χ2v) is 26.2. The lowest BCUT2D eigenvalue weighted by atomic mass is 9.39. The lowest BCUT2D eigenvalue weighted by molar-refractivity contribution is -0.271. The number of carbonyl (C=O) groups is 4. The van der Waals surface area contributed by atoms with Gasteiger partial charge in [0.2, 0.25) is 6.29 Å². The quantitative estimate of drug-likeness (QED) is 0.0288. The van der Waals surface area contributed by atoms with Gasteiger partial charge in [-0.25, -0.2) is 24.4 Å². The van der Waals surface area contributed by atoms with Crippen molar-refractivity contribution in [2.24, 2.45) is 22.0 Å². The van der Waals surface area contributed by atoms with E-state index in [0.717, 1.165) is 65.6 Å². The third kappa shape index (κ3) is 13.4. The van der Waals surface area contributed by atoms with Crippen LogP contribution < -0.4 is 30.2 Å². The van der Waals surface area contributed by atoms with E-state index in [1.165, 1.54) is 28.4 Å². The largest absolute Gasteiger partial charge is 0.496 e. The van der Waals surface area contributed by atoms with E-state index in [4.69, 9.17) is 53.7 Å². The van der Waals surface area contributed by atoms with Gasteiger partial charge >= 0.3 is 18.0 Å². The molecule has 2 unspecified atom stereocenters. The van der Waals surface area contributed by atoms with Crippen LogP contribution in [0.4, 0.5) is 15.7 Å². The van der Waals surface area contributed by atoms with Gasteiger partial charge in [0.1, 0.15) is 54.6 Å². The van der Waals surface area contributed by atoms with Crippen LogP contribution in [-0.2, 0) is 54.6 Å². The number of rotatable bonds is 26. The molecule has 0 radical (unpaired) electrons. The number of para-hydroxylation sites is 1. The fourth-order valence-electron chi connectivity index (χ4n) is 15.3. The molecule has 4 bridgehead atoms. The van der Waals surface area contributed by atoms with E-state index < -0.39 is 54.3 Å². The summed E-state index contributed by atoms with van der Waals surface area (Å²) in [5, 5.41) is 59.9. The summed E-state index contributed by atoms with van der Waals surface area (Å²) in [5.41, 5.74) is 9.98. The fourth-order valence-corrected chi connectivity index (χ4v) is 16.2. The zero-order valence-corrected chi connectivity index (χ0v) is 51.9. The van der Waals surface area contributed by atoms with Crippen molar-refractivity contribution in [3.63, 3.8) is 0 Å². The van der Waals surface area contributed by atoms with Crippen LogP contribution in [0.25, 0.3) is 21.3 Å². The maximum absolute atomic E-state index is 14.0. The molecule has 26 heteroatoms. The second kappa shape index (κ2) is 26.4. The second-order valence-electron chi connectivity index (χ2n) is 25.2. The Bertz CT molecular complexity index is 3590. The summed E-state index contributed by atoms with van der Waals surface area (Å²) in [6.07, 6.45) is -2.04. The number of ether oxygens (including phenoxy) is 8. The number of carboxylic acids is 2. The minimum atomic E-state index is -1.90. The molecule has 12 rings (SSSR count). The number of anilines is 2. The molecule has 4 aliphatic carbocycles. The number of aromatic carboxylic acids is 1. The molecule has 1 saturated heterocycles. The first-order valence-electron chi connectivity index (χ1n) is 30.2. The van der Waals surface area contributed by atoms with Crippen LogP contribution in [-0.4, -0.2) is 184 Å². The van der Waals surface area contributed by atoms with Crippen LogP contribution in [0.1, 0.15) is 95.6 Å². The predicted molar refractivity (Wildman–Crippen MR) is 328 cm³/mol. The molecular weight excluding hydrogens is 1180 g/mol. The van der Waals surface area contributed by atoms with Crippen molar-refractivity contribution >= 4 is 56.4 Å². The van der Waals surface area contributed by atoms with E-state index in [1.807, 2.05) is 46.8 Å². The highest BCUT2D eigenvalue weighted by atomic mass is 32.1. The molecule has 8 N–H and O–H groups in total. The standard InChI is InChI=1S/C64H78N8O17S/c1-37-43(41-13-15-49(68-50(41)56(77)78)71-18-16-40-44(28-71)42(12-14-46(40)83-5)55(76)69-59-67-45-8-6-7-9-48(45)90-59)27-66-72(37)36-63-31-61(2)30-62(3,32-63)34-64(33-61,35-63)87-23-20-70(19-22-82-4)60(81)86-29-38-10-11-39(26-47(38)85-25-24-84-21-17-65)88-58-53(75)51(73)52(74)54(89-58)57(79)80/h6-15,26-27,51-54,58,73-75H,16-25,28-36,65H2,1-5H3,(H,77,78)(H,79,80)(H,67,69,76)/t51-,52-,53+,54-,58+,61?,62?,63?,64?/m0/s1. The van der Waals surface area contributed by atoms with Gasteiger partial charge in [0.25, 0.3) is 5.91 Å². The molecule has 25 nitrogen and oxygen atoms in total. The third-order valence-corrected chi connectivity index (χ3v) is 19.0. The SMILES string of the molecule is COCCN(CCOC12CC3(C)CC(C)(CC(Cn4ncc(-c5ccc(N6CCc7c(OC)ccc(C(=O)Nc8nc9ccccc9s8)c7C6)nc5C(=O)O)c4C)(C3)C1)C2)C(=O)OCc1ccc(O[C@@H]2O[C@H](C(=O)O)[C@@H](O)[C@H](O)[C@H]2O)cc1OCCOCCN. The Balaban J connectivity index is 0.759. The fraction of sp³-hybridized carbons (Fsp3) is 0.516. The molecule has 482 valence electrons. The molecule has 6 aromatic rings. The number of aliphatic carboxylic acids is 1. The highest BCUT2D eigenvalue weighted by Crippen LogP contribution is 2.72. The average Bonchev–Trinajstić information content (AvgIpc) is 0.817. The Morgan fingerprint density at radius 3 is 2.34 bits per heavy atom. The van der Waals surface area contributed by atoms with Crippen molar-refractivity contribution in [2.45, 2.75) is 122 Å². The number of nitrogens with two attached hydrogens (primary N) is 1. The van der Waals surface area contributed by atoms with E-state index in [0.29, 0.717) is 71.6 Å². The summed E-state index contributed by atoms with van der Waals surface area (Å²) in [6, 6.07) is 19.3. The molecule has 5 fully saturated rings. The molecular formula is C64H78N8O17S. The number of carboxylic acid groups (broad SMARTS) is 2. The van der Waals surface area contributed by atoms with Crippen molar-refractivity contribution in [1.29, 1.82) is 0 Å². The van der Waals surface area contributed by atoms with E-state index in [2.05, 4.69) is 24.1 Å². The number of methoxy groups -OCH3 is 2. The average molecular weight is 1260 g/mol. The van der Waals surface area contributed by atoms with Crippen LogP contribution in [0, 0.1) is 23.2 Å². The number of hydrogen-bond acceptors (Lipinski definition) is 21. The maximum Gasteiger partial charge on any atom is 0.410 e. The highest BCUT2D eigenvalue weighted by molar-refractivity contribution is 7.22. The Morgan fingerprint density at radius 1 is 0.833 bits per heavy atom. The topological polar surface area (TPSA) is 331 Å². The van der Waals surface area contributed by atoms with E-state index in [1.54, 1.807) is 44.7 Å². The summed E-state index contributed by atoms with van der Waals surface area (Å²) in [5.74, 6) is -1.65. The number of pyridine rings is 1. The zero-order valence-electron chi connectivity index (χ0n) is 51.1. The molecule has 6 aliphatic rings. The normalized spacial score (nSPS) is 25.8. The number of amides is 2. The number of aliphatic hydroxyl groups excluding tert-OH is 3. The van der Waals surface area contributed by atoms with Crippen LogP contribution in [0.2, 0.25) is 0 Å². The lowest BCUT2D eigenvalue weighted by Gasteiger charge is -2.69. The summed E-state index contributed by atoms with van der Waals surface area (Å²) < 4.78 is 49.7. The van der Waals surface area contributed by atoms with Gasteiger partial charge in [0.15, 0.2) is 16.9 Å². The smallest absolute Gasteiger partial charge is 0.410 e. The van der Waals surface area contributed by atoms with Gasteiger partial charge in [-0.15, -0.1) is 0 Å². The van der Waals surface area contributed by atoms with Crippen molar-refractivity contribution in [1.82, 2.24) is 24.6 Å². The molecule has 90 heavy (non-hydrogen) atoms. The minimum Gasteiger partial charge on any atom is -0.496 e.